The van der Waals surface area contributed by atoms with Crippen molar-refractivity contribution < 1.29 is 4.42 Å². The van der Waals surface area contributed by atoms with Gasteiger partial charge in [-0.1, -0.05) is 30.3 Å². The molecule has 0 fully saturated rings. The topological polar surface area (TPSA) is 60.0 Å². The van der Waals surface area contributed by atoms with E-state index in [1.807, 2.05) is 35.3 Å². The smallest absolute Gasteiger partial charge is 0.195 e. The zero-order chi connectivity index (χ0) is 18.8. The van der Waals surface area contributed by atoms with Crippen molar-refractivity contribution in [3.05, 3.63) is 89.7 Å². The highest BCUT2D eigenvalue weighted by Gasteiger charge is 2.20. The molecule has 4 heterocycles. The number of furan rings is 1. The van der Waals surface area contributed by atoms with Crippen molar-refractivity contribution >= 4 is 0 Å². The summed E-state index contributed by atoms with van der Waals surface area (Å²) in [6.45, 7) is 3.52. The van der Waals surface area contributed by atoms with E-state index in [2.05, 4.69) is 45.4 Å². The highest BCUT2D eigenvalue weighted by atomic mass is 16.3. The Kier molecular flexibility index (Phi) is 4.47. The second kappa shape index (κ2) is 7.40. The van der Waals surface area contributed by atoms with Gasteiger partial charge in [0, 0.05) is 49.6 Å². The largest absolute Gasteiger partial charge is 0.461 e. The van der Waals surface area contributed by atoms with Crippen molar-refractivity contribution in [2.24, 2.45) is 0 Å². The predicted octanol–water partition coefficient (Wildman–Crippen LogP) is 3.54. The van der Waals surface area contributed by atoms with Crippen molar-refractivity contribution in [1.82, 2.24) is 24.6 Å². The summed E-state index contributed by atoms with van der Waals surface area (Å²) in [5.74, 6) is 1.38. The molecule has 5 rings (SSSR count). The summed E-state index contributed by atoms with van der Waals surface area (Å²) >= 11 is 0. The zero-order valence-corrected chi connectivity index (χ0v) is 15.5. The highest BCUT2D eigenvalue weighted by Crippen LogP contribution is 2.22. The van der Waals surface area contributed by atoms with Gasteiger partial charge in [0.1, 0.15) is 0 Å². The zero-order valence-electron chi connectivity index (χ0n) is 15.5. The van der Waals surface area contributed by atoms with Crippen LogP contribution in [0.5, 0.6) is 0 Å². The molecular weight excluding hydrogens is 350 g/mol. The van der Waals surface area contributed by atoms with Crippen LogP contribution in [0.25, 0.3) is 11.6 Å². The van der Waals surface area contributed by atoms with Crippen molar-refractivity contribution in [3.63, 3.8) is 0 Å². The molecule has 6 nitrogen and oxygen atoms in total. The van der Waals surface area contributed by atoms with E-state index in [9.17, 15) is 0 Å². The molecule has 0 bridgehead atoms. The van der Waals surface area contributed by atoms with Crippen LogP contribution in [0.3, 0.4) is 0 Å². The number of nitrogens with zero attached hydrogens (tertiary/aromatic N) is 5. The SMILES string of the molecule is c1ccc(Cn2cc(CN3CCc4nc(-c5ccco5)ncc4C3)cn2)cc1. The van der Waals surface area contributed by atoms with Gasteiger partial charge in [-0.3, -0.25) is 9.58 Å². The molecule has 0 aliphatic carbocycles. The molecule has 0 amide bonds. The maximum absolute atomic E-state index is 5.41. The number of hydrogen-bond acceptors (Lipinski definition) is 5. The Balaban J connectivity index is 1.25. The number of fused-ring (bicyclic) bond motifs is 1. The number of aromatic nitrogens is 4. The Morgan fingerprint density at radius 3 is 2.75 bits per heavy atom. The van der Waals surface area contributed by atoms with Crippen LogP contribution in [0, 0.1) is 0 Å². The third-order valence-electron chi connectivity index (χ3n) is 5.03. The Morgan fingerprint density at radius 1 is 0.964 bits per heavy atom. The van der Waals surface area contributed by atoms with Gasteiger partial charge in [-0.15, -0.1) is 0 Å². The van der Waals surface area contributed by atoms with Gasteiger partial charge < -0.3 is 4.42 Å². The Morgan fingerprint density at radius 2 is 1.89 bits per heavy atom. The number of hydrogen-bond donors (Lipinski definition) is 0. The molecule has 140 valence electrons. The minimum Gasteiger partial charge on any atom is -0.461 e. The molecule has 1 aromatic carbocycles. The fourth-order valence-electron chi connectivity index (χ4n) is 3.64. The van der Waals surface area contributed by atoms with Gasteiger partial charge in [0.15, 0.2) is 11.6 Å². The van der Waals surface area contributed by atoms with Gasteiger partial charge in [-0.05, 0) is 17.7 Å². The maximum Gasteiger partial charge on any atom is 0.195 e. The first-order valence-corrected chi connectivity index (χ1v) is 9.50. The lowest BCUT2D eigenvalue weighted by atomic mass is 10.1. The molecular formula is C22H21N5O. The Hall–Kier alpha value is -3.25. The van der Waals surface area contributed by atoms with Crippen LogP contribution in [0.4, 0.5) is 0 Å². The molecule has 0 saturated heterocycles. The van der Waals surface area contributed by atoms with E-state index in [-0.39, 0.29) is 0 Å². The molecule has 28 heavy (non-hydrogen) atoms. The molecule has 0 atom stereocenters. The van der Waals surface area contributed by atoms with E-state index in [0.717, 1.165) is 44.1 Å². The minimum absolute atomic E-state index is 0.666. The first-order valence-electron chi connectivity index (χ1n) is 9.50. The molecule has 0 unspecified atom stereocenters. The monoisotopic (exact) mass is 371 g/mol. The summed E-state index contributed by atoms with van der Waals surface area (Å²) in [6, 6.07) is 14.2. The predicted molar refractivity (Wildman–Crippen MR) is 105 cm³/mol. The first kappa shape index (κ1) is 16.9. The van der Waals surface area contributed by atoms with Crippen LogP contribution < -0.4 is 0 Å². The molecule has 4 aromatic rings. The molecule has 1 aliphatic rings. The van der Waals surface area contributed by atoms with Gasteiger partial charge in [0.05, 0.1) is 24.7 Å². The van der Waals surface area contributed by atoms with E-state index < -0.39 is 0 Å². The normalized spacial score (nSPS) is 14.1. The van der Waals surface area contributed by atoms with Crippen LogP contribution in [-0.4, -0.2) is 31.2 Å². The van der Waals surface area contributed by atoms with Crippen LogP contribution in [0.15, 0.2) is 71.7 Å². The summed E-state index contributed by atoms with van der Waals surface area (Å²) < 4.78 is 7.41. The fourth-order valence-corrected chi connectivity index (χ4v) is 3.64. The van der Waals surface area contributed by atoms with Gasteiger partial charge in [-0.2, -0.15) is 5.10 Å². The van der Waals surface area contributed by atoms with Crippen LogP contribution in [0.1, 0.15) is 22.4 Å². The molecule has 6 heteroatoms. The van der Waals surface area contributed by atoms with Gasteiger partial charge >= 0.3 is 0 Å². The summed E-state index contributed by atoms with van der Waals surface area (Å²) in [4.78, 5) is 11.6. The molecule has 0 radical (unpaired) electrons. The molecule has 0 saturated carbocycles. The number of benzene rings is 1. The Bertz CT molecular complexity index is 1060. The summed E-state index contributed by atoms with van der Waals surface area (Å²) in [7, 11) is 0. The maximum atomic E-state index is 5.41. The third-order valence-corrected chi connectivity index (χ3v) is 5.03. The summed E-state index contributed by atoms with van der Waals surface area (Å²) in [6.07, 6.45) is 8.61. The quantitative estimate of drug-likeness (QED) is 0.537. The van der Waals surface area contributed by atoms with Crippen LogP contribution >= 0.6 is 0 Å². The summed E-state index contributed by atoms with van der Waals surface area (Å²) in [5, 5.41) is 4.52. The molecule has 1 aliphatic heterocycles. The van der Waals surface area contributed by atoms with Gasteiger partial charge in [0.2, 0.25) is 0 Å². The lowest BCUT2D eigenvalue weighted by Crippen LogP contribution is -2.30. The second-order valence-corrected chi connectivity index (χ2v) is 7.14. The van der Waals surface area contributed by atoms with E-state index in [1.165, 1.54) is 16.7 Å². The fraction of sp³-hybridized carbons (Fsp3) is 0.227. The van der Waals surface area contributed by atoms with E-state index >= 15 is 0 Å². The standard InChI is InChI=1S/C22H21N5O/c1-2-5-17(6-3-1)14-27-15-18(11-24-27)13-26-9-8-20-19(16-26)12-23-22(25-20)21-7-4-10-28-21/h1-7,10-12,15H,8-9,13-14,16H2. The average molecular weight is 371 g/mol. The molecule has 0 N–H and O–H groups in total. The van der Waals surface area contributed by atoms with Gasteiger partial charge in [-0.25, -0.2) is 9.97 Å². The van der Waals surface area contributed by atoms with E-state index in [0.29, 0.717) is 5.82 Å². The van der Waals surface area contributed by atoms with Crippen molar-refractivity contribution in [3.8, 4) is 11.6 Å². The number of rotatable bonds is 5. The first-order chi connectivity index (χ1) is 13.8. The lowest BCUT2D eigenvalue weighted by Gasteiger charge is -2.27. The van der Waals surface area contributed by atoms with E-state index in [4.69, 9.17) is 9.40 Å². The third kappa shape index (κ3) is 3.59. The summed E-state index contributed by atoms with van der Waals surface area (Å²) in [5.41, 5.74) is 4.80. The van der Waals surface area contributed by atoms with Crippen LogP contribution in [0.2, 0.25) is 0 Å². The minimum atomic E-state index is 0.666. The Labute approximate surface area is 163 Å². The van der Waals surface area contributed by atoms with Crippen molar-refractivity contribution in [1.29, 1.82) is 0 Å². The highest BCUT2D eigenvalue weighted by molar-refractivity contribution is 5.46. The molecule has 3 aromatic heterocycles. The van der Waals surface area contributed by atoms with Crippen LogP contribution in [-0.2, 0) is 26.1 Å². The average Bonchev–Trinajstić information content (AvgIpc) is 3.41. The van der Waals surface area contributed by atoms with Crippen molar-refractivity contribution in [2.45, 2.75) is 26.1 Å². The van der Waals surface area contributed by atoms with E-state index in [1.54, 1.807) is 6.26 Å². The van der Waals surface area contributed by atoms with Gasteiger partial charge in [0.25, 0.3) is 0 Å². The lowest BCUT2D eigenvalue weighted by molar-refractivity contribution is 0.243. The molecule has 0 spiro atoms. The second-order valence-electron chi connectivity index (χ2n) is 7.14. The van der Waals surface area contributed by atoms with Crippen molar-refractivity contribution in [2.75, 3.05) is 6.54 Å².